The zero-order valence-electron chi connectivity index (χ0n) is 14.3. The highest BCUT2D eigenvalue weighted by atomic mass is 16.6. The number of rotatable bonds is 4. The van der Waals surface area contributed by atoms with Gasteiger partial charge in [0.25, 0.3) is 0 Å². The van der Waals surface area contributed by atoms with Crippen molar-refractivity contribution in [3.8, 4) is 17.2 Å². The number of carbonyl (C=O) groups excluding carboxylic acids is 1. The predicted molar refractivity (Wildman–Crippen MR) is 85.6 cm³/mol. The molecule has 0 atom stereocenters. The van der Waals surface area contributed by atoms with Gasteiger partial charge in [0.2, 0.25) is 5.75 Å². The molecule has 2 aliphatic heterocycles. The van der Waals surface area contributed by atoms with E-state index in [9.17, 15) is 4.79 Å². The third-order valence-electron chi connectivity index (χ3n) is 4.09. The van der Waals surface area contributed by atoms with Crippen molar-refractivity contribution in [1.82, 2.24) is 0 Å². The Hall–Kier alpha value is -1.91. The average Bonchev–Trinajstić information content (AvgIpc) is 3.10. The van der Waals surface area contributed by atoms with Crippen LogP contribution in [0, 0.1) is 0 Å². The van der Waals surface area contributed by atoms with E-state index in [1.807, 2.05) is 20.8 Å². The summed E-state index contributed by atoms with van der Waals surface area (Å²) in [6.45, 7) is 6.95. The summed E-state index contributed by atoms with van der Waals surface area (Å²) in [7, 11) is 1.64. The number of methoxy groups -OCH3 is 1. The molecule has 5 nitrogen and oxygen atoms in total. The van der Waals surface area contributed by atoms with Gasteiger partial charge in [-0.3, -0.25) is 4.79 Å². The maximum Gasteiger partial charge on any atom is 0.306 e. The number of ether oxygens (including phenoxy) is 4. The molecule has 1 aromatic carbocycles. The van der Waals surface area contributed by atoms with Crippen LogP contribution in [0.3, 0.4) is 0 Å². The first kappa shape index (κ1) is 16.0. The summed E-state index contributed by atoms with van der Waals surface area (Å²) in [4.78, 5) is 12.0. The molecule has 0 spiro atoms. The summed E-state index contributed by atoms with van der Waals surface area (Å²) in [5.74, 6) is 2.10. The molecule has 0 radical (unpaired) electrons. The maximum absolute atomic E-state index is 12.0. The lowest BCUT2D eigenvalue weighted by atomic mass is 9.93. The lowest BCUT2D eigenvalue weighted by Gasteiger charge is -2.20. The van der Waals surface area contributed by atoms with Crippen LogP contribution in [-0.2, 0) is 28.8 Å². The van der Waals surface area contributed by atoms with Crippen LogP contribution in [-0.4, -0.2) is 31.9 Å². The van der Waals surface area contributed by atoms with Crippen molar-refractivity contribution in [2.24, 2.45) is 0 Å². The topological polar surface area (TPSA) is 54.0 Å². The van der Waals surface area contributed by atoms with Crippen LogP contribution in [0.15, 0.2) is 0 Å². The number of fused-ring (bicyclic) bond motifs is 2. The van der Waals surface area contributed by atoms with E-state index in [2.05, 4.69) is 0 Å². The summed E-state index contributed by atoms with van der Waals surface area (Å²) in [5.41, 5.74) is 3.05. The van der Waals surface area contributed by atoms with Crippen molar-refractivity contribution in [2.75, 3.05) is 20.3 Å². The molecule has 23 heavy (non-hydrogen) atoms. The maximum atomic E-state index is 12.0. The lowest BCUT2D eigenvalue weighted by molar-refractivity contribution is -0.154. The number of benzene rings is 1. The van der Waals surface area contributed by atoms with E-state index in [1.54, 1.807) is 7.11 Å². The molecular weight excluding hydrogens is 296 g/mol. The average molecular weight is 320 g/mol. The summed E-state index contributed by atoms with van der Waals surface area (Å²) in [6, 6.07) is 0. The van der Waals surface area contributed by atoms with Crippen LogP contribution >= 0.6 is 0 Å². The van der Waals surface area contributed by atoms with Crippen LogP contribution in [0.1, 0.15) is 43.9 Å². The first-order valence-electron chi connectivity index (χ1n) is 8.12. The fourth-order valence-electron chi connectivity index (χ4n) is 3.28. The number of esters is 1. The molecule has 0 aromatic heterocycles. The van der Waals surface area contributed by atoms with Gasteiger partial charge in [0.05, 0.1) is 20.3 Å². The van der Waals surface area contributed by atoms with E-state index in [1.165, 1.54) is 5.56 Å². The highest BCUT2D eigenvalue weighted by Gasteiger charge is 2.32. The molecule has 5 heteroatoms. The van der Waals surface area contributed by atoms with Crippen molar-refractivity contribution in [3.63, 3.8) is 0 Å². The van der Waals surface area contributed by atoms with Crippen LogP contribution in [0.5, 0.6) is 17.2 Å². The Labute approximate surface area is 136 Å². The standard InChI is InChI=1S/C18H24O5/c1-18(2,3)23-14(19)6-5-11-12-7-9-21-15(12)17(20-4)16-13(11)8-10-22-16/h5-10H2,1-4H3. The Bertz CT molecular complexity index is 592. The SMILES string of the molecule is COc1c2c(c(CCC(=O)OC(C)(C)C)c3c1OCC3)CCO2. The number of hydrogen-bond acceptors (Lipinski definition) is 5. The van der Waals surface area contributed by atoms with Gasteiger partial charge in [-0.05, 0) is 32.8 Å². The Kier molecular flexibility index (Phi) is 4.13. The molecule has 0 saturated heterocycles. The molecule has 3 rings (SSSR count). The Morgan fingerprint density at radius 2 is 1.65 bits per heavy atom. The smallest absolute Gasteiger partial charge is 0.306 e. The van der Waals surface area contributed by atoms with E-state index < -0.39 is 5.60 Å². The molecule has 0 unspecified atom stereocenters. The molecule has 0 saturated carbocycles. The van der Waals surface area contributed by atoms with Crippen LogP contribution in [0.25, 0.3) is 0 Å². The number of hydrogen-bond donors (Lipinski definition) is 0. The highest BCUT2D eigenvalue weighted by Crippen LogP contribution is 2.50. The van der Waals surface area contributed by atoms with Crippen molar-refractivity contribution in [2.45, 2.75) is 52.1 Å². The van der Waals surface area contributed by atoms with Gasteiger partial charge in [-0.2, -0.15) is 0 Å². The monoisotopic (exact) mass is 320 g/mol. The van der Waals surface area contributed by atoms with Crippen molar-refractivity contribution < 1.29 is 23.7 Å². The van der Waals surface area contributed by atoms with E-state index in [-0.39, 0.29) is 5.97 Å². The largest absolute Gasteiger partial charge is 0.490 e. The second-order valence-electron chi connectivity index (χ2n) is 6.91. The van der Waals surface area contributed by atoms with Gasteiger partial charge in [-0.15, -0.1) is 0 Å². The zero-order valence-corrected chi connectivity index (χ0v) is 14.3. The third kappa shape index (κ3) is 3.09. The van der Waals surface area contributed by atoms with E-state index in [0.29, 0.717) is 31.8 Å². The third-order valence-corrected chi connectivity index (χ3v) is 4.09. The molecule has 0 amide bonds. The van der Waals surface area contributed by atoms with Crippen LogP contribution < -0.4 is 14.2 Å². The minimum atomic E-state index is -0.451. The van der Waals surface area contributed by atoms with Crippen LogP contribution in [0.2, 0.25) is 0 Å². The molecule has 0 aliphatic carbocycles. The van der Waals surface area contributed by atoms with Gasteiger partial charge >= 0.3 is 5.97 Å². The van der Waals surface area contributed by atoms with Gasteiger partial charge in [0.1, 0.15) is 5.60 Å². The summed E-state index contributed by atoms with van der Waals surface area (Å²) in [6.07, 6.45) is 2.71. The highest BCUT2D eigenvalue weighted by molar-refractivity contribution is 5.72. The minimum Gasteiger partial charge on any atom is -0.490 e. The van der Waals surface area contributed by atoms with Crippen molar-refractivity contribution in [3.05, 3.63) is 16.7 Å². The van der Waals surface area contributed by atoms with Gasteiger partial charge in [-0.25, -0.2) is 0 Å². The Morgan fingerprint density at radius 3 is 2.13 bits per heavy atom. The molecule has 0 bridgehead atoms. The fraction of sp³-hybridized carbons (Fsp3) is 0.611. The Balaban J connectivity index is 1.87. The van der Waals surface area contributed by atoms with Gasteiger partial charge < -0.3 is 18.9 Å². The van der Waals surface area contributed by atoms with Gasteiger partial charge in [0.15, 0.2) is 11.5 Å². The van der Waals surface area contributed by atoms with Gasteiger partial charge in [0, 0.05) is 30.4 Å². The first-order valence-corrected chi connectivity index (χ1v) is 8.12. The quantitative estimate of drug-likeness (QED) is 0.799. The summed E-state index contributed by atoms with van der Waals surface area (Å²) in [5, 5.41) is 0. The predicted octanol–water partition coefficient (Wildman–Crippen LogP) is 2.84. The second kappa shape index (κ2) is 5.95. The molecule has 2 heterocycles. The van der Waals surface area contributed by atoms with Crippen LogP contribution in [0.4, 0.5) is 0 Å². The van der Waals surface area contributed by atoms with Crippen molar-refractivity contribution >= 4 is 5.97 Å². The molecular formula is C18H24O5. The molecule has 2 aliphatic rings. The molecule has 0 fully saturated rings. The molecule has 0 N–H and O–H groups in total. The fourth-order valence-corrected chi connectivity index (χ4v) is 3.28. The van der Waals surface area contributed by atoms with E-state index in [4.69, 9.17) is 18.9 Å². The normalized spacial score (nSPS) is 15.5. The summed E-state index contributed by atoms with van der Waals surface area (Å²) < 4.78 is 22.4. The molecule has 126 valence electrons. The van der Waals surface area contributed by atoms with E-state index >= 15 is 0 Å². The summed E-state index contributed by atoms with van der Waals surface area (Å²) >= 11 is 0. The second-order valence-corrected chi connectivity index (χ2v) is 6.91. The first-order chi connectivity index (χ1) is 10.9. The zero-order chi connectivity index (χ0) is 16.6. The van der Waals surface area contributed by atoms with Gasteiger partial charge in [-0.1, -0.05) is 0 Å². The Morgan fingerprint density at radius 1 is 1.09 bits per heavy atom. The van der Waals surface area contributed by atoms with Crippen molar-refractivity contribution in [1.29, 1.82) is 0 Å². The lowest BCUT2D eigenvalue weighted by Crippen LogP contribution is -2.24. The molecule has 1 aromatic rings. The minimum absolute atomic E-state index is 0.173. The van der Waals surface area contributed by atoms with E-state index in [0.717, 1.165) is 35.5 Å². The number of carbonyl (C=O) groups is 1.